The smallest absolute Gasteiger partial charge is 0.270 e. The number of carbonyl (C=O) groups is 1. The number of carbonyl (C=O) groups excluding carboxylic acids is 1. The third kappa shape index (κ3) is 3.20. The monoisotopic (exact) mass is 327 g/mol. The first-order chi connectivity index (χ1) is 9.02. The van der Waals surface area contributed by atoms with Crippen molar-refractivity contribution in [2.75, 3.05) is 27.2 Å². The summed E-state index contributed by atoms with van der Waals surface area (Å²) in [5.74, 6) is 0.164. The van der Waals surface area contributed by atoms with E-state index in [1.54, 1.807) is 0 Å². The first-order valence-corrected chi connectivity index (χ1v) is 7.63. The SMILES string of the molecule is CCn1cc(Br)cc1C(=O)N1CCCC1CN(C)C. The zero-order valence-electron chi connectivity index (χ0n) is 11.9. The molecule has 1 aliphatic heterocycles. The van der Waals surface area contributed by atoms with Gasteiger partial charge in [0.1, 0.15) is 5.69 Å². The maximum absolute atomic E-state index is 12.7. The average molecular weight is 328 g/mol. The molecule has 1 amide bonds. The molecule has 0 radical (unpaired) electrons. The molecule has 19 heavy (non-hydrogen) atoms. The van der Waals surface area contributed by atoms with Crippen LogP contribution in [-0.4, -0.2) is 53.5 Å². The molecule has 0 saturated carbocycles. The molecule has 1 fully saturated rings. The molecule has 1 unspecified atom stereocenters. The van der Waals surface area contributed by atoms with Gasteiger partial charge in [-0.2, -0.15) is 0 Å². The second-order valence-electron chi connectivity index (χ2n) is 5.39. The Morgan fingerprint density at radius 3 is 2.89 bits per heavy atom. The fourth-order valence-corrected chi connectivity index (χ4v) is 3.24. The zero-order chi connectivity index (χ0) is 14.0. The Kier molecular flexibility index (Phi) is 4.68. The number of rotatable bonds is 4. The van der Waals surface area contributed by atoms with Crippen LogP contribution in [0.25, 0.3) is 0 Å². The molecule has 5 heteroatoms. The summed E-state index contributed by atoms with van der Waals surface area (Å²) in [4.78, 5) is 16.9. The Balaban J connectivity index is 2.18. The minimum atomic E-state index is 0.164. The zero-order valence-corrected chi connectivity index (χ0v) is 13.5. The number of nitrogens with zero attached hydrogens (tertiary/aromatic N) is 3. The number of likely N-dealkylation sites (N-methyl/N-ethyl adjacent to an activating group) is 1. The molecule has 1 aliphatic rings. The maximum atomic E-state index is 12.7. The summed E-state index contributed by atoms with van der Waals surface area (Å²) in [6.45, 7) is 4.70. The number of hydrogen-bond donors (Lipinski definition) is 0. The largest absolute Gasteiger partial charge is 0.343 e. The highest BCUT2D eigenvalue weighted by molar-refractivity contribution is 9.10. The molecule has 0 N–H and O–H groups in total. The molecule has 2 rings (SSSR count). The van der Waals surface area contributed by atoms with Crippen LogP contribution in [0.15, 0.2) is 16.7 Å². The number of amides is 1. The van der Waals surface area contributed by atoms with Gasteiger partial charge in [-0.25, -0.2) is 0 Å². The summed E-state index contributed by atoms with van der Waals surface area (Å²) in [7, 11) is 4.12. The Bertz CT molecular complexity index is 456. The minimum absolute atomic E-state index is 0.164. The third-order valence-corrected chi connectivity index (χ3v) is 4.07. The fraction of sp³-hybridized carbons (Fsp3) is 0.643. The molecule has 0 bridgehead atoms. The Labute approximate surface area is 123 Å². The van der Waals surface area contributed by atoms with E-state index in [4.69, 9.17) is 0 Å². The highest BCUT2D eigenvalue weighted by Gasteiger charge is 2.31. The molecular weight excluding hydrogens is 306 g/mol. The van der Waals surface area contributed by atoms with E-state index in [1.807, 2.05) is 21.7 Å². The van der Waals surface area contributed by atoms with Crippen LogP contribution >= 0.6 is 15.9 Å². The molecule has 0 spiro atoms. The molecule has 4 nitrogen and oxygen atoms in total. The summed E-state index contributed by atoms with van der Waals surface area (Å²) < 4.78 is 2.98. The van der Waals surface area contributed by atoms with E-state index in [0.29, 0.717) is 6.04 Å². The molecule has 1 saturated heterocycles. The van der Waals surface area contributed by atoms with Gasteiger partial charge in [-0.3, -0.25) is 4.79 Å². The van der Waals surface area contributed by atoms with Gasteiger partial charge in [-0.05, 0) is 55.9 Å². The Morgan fingerprint density at radius 2 is 2.26 bits per heavy atom. The second-order valence-corrected chi connectivity index (χ2v) is 6.30. The molecule has 2 heterocycles. The summed E-state index contributed by atoms with van der Waals surface area (Å²) in [5, 5.41) is 0. The topological polar surface area (TPSA) is 28.5 Å². The predicted molar refractivity (Wildman–Crippen MR) is 80.4 cm³/mol. The number of aryl methyl sites for hydroxylation is 1. The third-order valence-electron chi connectivity index (χ3n) is 3.64. The van der Waals surface area contributed by atoms with E-state index in [-0.39, 0.29) is 5.91 Å². The van der Waals surface area contributed by atoms with Crippen LogP contribution in [-0.2, 0) is 6.54 Å². The first kappa shape index (κ1) is 14.6. The van der Waals surface area contributed by atoms with Gasteiger partial charge < -0.3 is 14.4 Å². The Morgan fingerprint density at radius 1 is 1.53 bits per heavy atom. The van der Waals surface area contributed by atoms with Gasteiger partial charge in [0, 0.05) is 36.3 Å². The molecule has 1 atom stereocenters. The van der Waals surface area contributed by atoms with Gasteiger partial charge in [-0.1, -0.05) is 0 Å². The fourth-order valence-electron chi connectivity index (χ4n) is 2.78. The molecule has 0 aliphatic carbocycles. The van der Waals surface area contributed by atoms with Gasteiger partial charge in [0.25, 0.3) is 5.91 Å². The van der Waals surface area contributed by atoms with Gasteiger partial charge >= 0.3 is 0 Å². The maximum Gasteiger partial charge on any atom is 0.270 e. The second kappa shape index (κ2) is 6.09. The van der Waals surface area contributed by atoms with E-state index in [9.17, 15) is 4.79 Å². The Hall–Kier alpha value is -0.810. The van der Waals surface area contributed by atoms with Crippen molar-refractivity contribution in [1.82, 2.24) is 14.4 Å². The van der Waals surface area contributed by atoms with Crippen LogP contribution in [0.3, 0.4) is 0 Å². The van der Waals surface area contributed by atoms with Crippen LogP contribution in [0, 0.1) is 0 Å². The van der Waals surface area contributed by atoms with Gasteiger partial charge in [0.05, 0.1) is 0 Å². The van der Waals surface area contributed by atoms with Crippen LogP contribution in [0.4, 0.5) is 0 Å². The number of hydrogen-bond acceptors (Lipinski definition) is 2. The van der Waals surface area contributed by atoms with E-state index < -0.39 is 0 Å². The lowest BCUT2D eigenvalue weighted by molar-refractivity contribution is 0.0705. The van der Waals surface area contributed by atoms with E-state index >= 15 is 0 Å². The highest BCUT2D eigenvalue weighted by Crippen LogP contribution is 2.23. The van der Waals surface area contributed by atoms with Crippen molar-refractivity contribution in [3.8, 4) is 0 Å². The lowest BCUT2D eigenvalue weighted by Crippen LogP contribution is -2.41. The molecule has 1 aromatic rings. The lowest BCUT2D eigenvalue weighted by Gasteiger charge is -2.27. The summed E-state index contributed by atoms with van der Waals surface area (Å²) in [5.41, 5.74) is 0.792. The van der Waals surface area contributed by atoms with Crippen molar-refractivity contribution in [3.63, 3.8) is 0 Å². The normalized spacial score (nSPS) is 19.4. The lowest BCUT2D eigenvalue weighted by atomic mass is 10.2. The first-order valence-electron chi connectivity index (χ1n) is 6.84. The highest BCUT2D eigenvalue weighted by atomic mass is 79.9. The standard InChI is InChI=1S/C14H22BrN3O/c1-4-17-9-11(15)8-13(17)14(19)18-7-5-6-12(18)10-16(2)3/h8-9,12H,4-7,10H2,1-3H3. The van der Waals surface area contributed by atoms with Gasteiger partial charge in [0.15, 0.2) is 0 Å². The van der Waals surface area contributed by atoms with Gasteiger partial charge in [0.2, 0.25) is 0 Å². The number of halogens is 1. The number of aromatic nitrogens is 1. The minimum Gasteiger partial charge on any atom is -0.343 e. The quantitative estimate of drug-likeness (QED) is 0.849. The van der Waals surface area contributed by atoms with E-state index in [2.05, 4.69) is 41.8 Å². The summed E-state index contributed by atoms with van der Waals surface area (Å²) >= 11 is 3.46. The predicted octanol–water partition coefficient (Wildman–Crippen LogP) is 2.44. The van der Waals surface area contributed by atoms with Crippen molar-refractivity contribution in [2.45, 2.75) is 32.4 Å². The average Bonchev–Trinajstić information content (AvgIpc) is 2.94. The molecule has 0 aromatic carbocycles. The molecule has 1 aromatic heterocycles. The van der Waals surface area contributed by atoms with Crippen LogP contribution in [0.2, 0.25) is 0 Å². The van der Waals surface area contributed by atoms with E-state index in [0.717, 1.165) is 42.6 Å². The molecule has 106 valence electrons. The summed E-state index contributed by atoms with van der Waals surface area (Å²) in [6.07, 6.45) is 4.19. The molecular formula is C14H22BrN3O. The summed E-state index contributed by atoms with van der Waals surface area (Å²) in [6, 6.07) is 2.28. The van der Waals surface area contributed by atoms with Crippen molar-refractivity contribution in [3.05, 3.63) is 22.4 Å². The van der Waals surface area contributed by atoms with Crippen molar-refractivity contribution in [1.29, 1.82) is 0 Å². The van der Waals surface area contributed by atoms with Crippen molar-refractivity contribution < 1.29 is 4.79 Å². The van der Waals surface area contributed by atoms with Crippen LogP contribution < -0.4 is 0 Å². The van der Waals surface area contributed by atoms with Crippen LogP contribution in [0.1, 0.15) is 30.3 Å². The van der Waals surface area contributed by atoms with Gasteiger partial charge in [-0.15, -0.1) is 0 Å². The number of likely N-dealkylation sites (tertiary alicyclic amines) is 1. The van der Waals surface area contributed by atoms with Crippen molar-refractivity contribution in [2.24, 2.45) is 0 Å². The van der Waals surface area contributed by atoms with Crippen LogP contribution in [0.5, 0.6) is 0 Å². The van der Waals surface area contributed by atoms with Crippen molar-refractivity contribution >= 4 is 21.8 Å². The van der Waals surface area contributed by atoms with E-state index in [1.165, 1.54) is 0 Å².